The lowest BCUT2D eigenvalue weighted by Gasteiger charge is -2.10. The van der Waals surface area contributed by atoms with Crippen molar-refractivity contribution in [1.82, 2.24) is 14.9 Å². The van der Waals surface area contributed by atoms with E-state index in [9.17, 15) is 4.79 Å². The quantitative estimate of drug-likeness (QED) is 0.894. The Morgan fingerprint density at radius 1 is 1.55 bits per heavy atom. The molecule has 1 aliphatic heterocycles. The van der Waals surface area contributed by atoms with Gasteiger partial charge in [0, 0.05) is 12.1 Å². The summed E-state index contributed by atoms with van der Waals surface area (Å²) in [6, 6.07) is 5.40. The van der Waals surface area contributed by atoms with E-state index in [1.807, 2.05) is 23.7 Å². The van der Waals surface area contributed by atoms with E-state index in [1.165, 1.54) is 0 Å². The lowest BCUT2D eigenvalue weighted by atomic mass is 10.2. The number of nitrogens with one attached hydrogen (secondary N) is 2. The first-order valence-electron chi connectivity index (χ1n) is 6.31. The van der Waals surface area contributed by atoms with Gasteiger partial charge < -0.3 is 9.88 Å². The van der Waals surface area contributed by atoms with Crippen LogP contribution < -0.4 is 10.6 Å². The minimum absolute atomic E-state index is 0. The Bertz CT molecular complexity index is 635. The van der Waals surface area contributed by atoms with Gasteiger partial charge in [0.05, 0.1) is 17.1 Å². The molecule has 0 saturated carbocycles. The second-order valence-electron chi connectivity index (χ2n) is 4.77. The second-order valence-corrected chi connectivity index (χ2v) is 5.20. The first-order chi connectivity index (χ1) is 9.15. The molecule has 1 aromatic heterocycles. The van der Waals surface area contributed by atoms with Gasteiger partial charge in [-0.2, -0.15) is 0 Å². The zero-order valence-corrected chi connectivity index (χ0v) is 12.6. The number of nitrogens with zero attached hydrogens (tertiary/aromatic N) is 2. The molecule has 0 radical (unpaired) electrons. The molecule has 1 aromatic carbocycles. The Morgan fingerprint density at radius 3 is 3.05 bits per heavy atom. The summed E-state index contributed by atoms with van der Waals surface area (Å²) in [6.07, 6.45) is 1.91. The molecular weight excluding hydrogens is 299 g/mol. The van der Waals surface area contributed by atoms with E-state index in [2.05, 4.69) is 15.6 Å². The van der Waals surface area contributed by atoms with Crippen molar-refractivity contribution in [2.24, 2.45) is 7.05 Å². The number of amides is 1. The van der Waals surface area contributed by atoms with E-state index < -0.39 is 0 Å². The molecule has 5 nitrogen and oxygen atoms in total. The summed E-state index contributed by atoms with van der Waals surface area (Å²) in [7, 11) is 1.88. The number of hydrogen-bond donors (Lipinski definition) is 2. The number of imidazole rings is 1. The van der Waals surface area contributed by atoms with Gasteiger partial charge in [-0.05, 0) is 37.6 Å². The summed E-state index contributed by atoms with van der Waals surface area (Å²) in [5, 5.41) is 6.68. The molecule has 1 fully saturated rings. The topological polar surface area (TPSA) is 59.0 Å². The molecule has 1 unspecified atom stereocenters. The molecule has 0 aliphatic carbocycles. The molecule has 2 N–H and O–H groups in total. The Morgan fingerprint density at radius 2 is 2.35 bits per heavy atom. The largest absolute Gasteiger partial charge is 0.313 e. The fraction of sp³-hybridized carbons (Fsp3) is 0.385. The van der Waals surface area contributed by atoms with E-state index in [0.29, 0.717) is 11.0 Å². The van der Waals surface area contributed by atoms with E-state index >= 15 is 0 Å². The van der Waals surface area contributed by atoms with Gasteiger partial charge in [0.25, 0.3) is 0 Å². The van der Waals surface area contributed by atoms with Crippen LogP contribution in [-0.2, 0) is 11.8 Å². The molecule has 3 rings (SSSR count). The number of benzene rings is 1. The van der Waals surface area contributed by atoms with Crippen molar-refractivity contribution >= 4 is 46.9 Å². The van der Waals surface area contributed by atoms with Gasteiger partial charge in [0.2, 0.25) is 11.9 Å². The van der Waals surface area contributed by atoms with Gasteiger partial charge in [-0.3, -0.25) is 10.1 Å². The van der Waals surface area contributed by atoms with Crippen LogP contribution >= 0.6 is 24.0 Å². The average Bonchev–Trinajstić information content (AvgIpc) is 2.99. The van der Waals surface area contributed by atoms with E-state index in [1.54, 1.807) is 6.07 Å². The van der Waals surface area contributed by atoms with Gasteiger partial charge in [-0.25, -0.2) is 4.98 Å². The highest BCUT2D eigenvalue weighted by atomic mass is 35.5. The summed E-state index contributed by atoms with van der Waals surface area (Å²) < 4.78 is 1.86. The minimum Gasteiger partial charge on any atom is -0.313 e. The summed E-state index contributed by atoms with van der Waals surface area (Å²) >= 11 is 5.94. The van der Waals surface area contributed by atoms with E-state index in [-0.39, 0.29) is 24.4 Å². The Kier molecular flexibility index (Phi) is 4.52. The molecule has 2 aromatic rings. The van der Waals surface area contributed by atoms with Crippen LogP contribution in [0, 0.1) is 0 Å². The number of halogens is 2. The normalized spacial score (nSPS) is 18.0. The fourth-order valence-electron chi connectivity index (χ4n) is 2.39. The molecule has 0 spiro atoms. The Hall–Kier alpha value is -1.30. The van der Waals surface area contributed by atoms with Crippen LogP contribution in [0.2, 0.25) is 5.02 Å². The molecule has 7 heteroatoms. The summed E-state index contributed by atoms with van der Waals surface area (Å²) in [5.41, 5.74) is 1.73. The van der Waals surface area contributed by atoms with Gasteiger partial charge in [0.1, 0.15) is 0 Å². The predicted octanol–water partition coefficient (Wildman–Crippen LogP) is 2.34. The second kappa shape index (κ2) is 5.99. The summed E-state index contributed by atoms with van der Waals surface area (Å²) in [6.45, 7) is 0.899. The molecule has 1 amide bonds. The monoisotopic (exact) mass is 314 g/mol. The fourth-order valence-corrected chi connectivity index (χ4v) is 2.56. The SMILES string of the molecule is Cl.Cn1c(NC(=O)C2CCCN2)nc2cc(Cl)ccc21. The van der Waals surface area contributed by atoms with Crippen LogP contribution in [0.1, 0.15) is 12.8 Å². The van der Waals surface area contributed by atoms with Gasteiger partial charge in [-0.1, -0.05) is 11.6 Å². The van der Waals surface area contributed by atoms with Crippen molar-refractivity contribution in [3.8, 4) is 0 Å². The number of aryl methyl sites for hydroxylation is 1. The van der Waals surface area contributed by atoms with Crippen LogP contribution in [0.3, 0.4) is 0 Å². The summed E-state index contributed by atoms with van der Waals surface area (Å²) in [4.78, 5) is 16.5. The number of rotatable bonds is 2. The highest BCUT2D eigenvalue weighted by molar-refractivity contribution is 6.31. The number of carbonyl (C=O) groups excluding carboxylic acids is 1. The molecule has 2 heterocycles. The van der Waals surface area contributed by atoms with Gasteiger partial charge >= 0.3 is 0 Å². The maximum absolute atomic E-state index is 12.1. The third-order valence-corrected chi connectivity index (χ3v) is 3.69. The number of anilines is 1. The smallest absolute Gasteiger partial charge is 0.243 e. The van der Waals surface area contributed by atoms with Crippen molar-refractivity contribution in [3.63, 3.8) is 0 Å². The first kappa shape index (κ1) is 15.1. The van der Waals surface area contributed by atoms with Crippen molar-refractivity contribution < 1.29 is 4.79 Å². The molecule has 1 saturated heterocycles. The molecule has 108 valence electrons. The van der Waals surface area contributed by atoms with E-state index in [4.69, 9.17) is 11.6 Å². The number of hydrogen-bond acceptors (Lipinski definition) is 3. The van der Waals surface area contributed by atoms with Crippen LogP contribution in [0.25, 0.3) is 11.0 Å². The Balaban J connectivity index is 0.00000147. The van der Waals surface area contributed by atoms with E-state index in [0.717, 1.165) is 30.4 Å². The van der Waals surface area contributed by atoms with Gasteiger partial charge in [-0.15, -0.1) is 12.4 Å². The number of aromatic nitrogens is 2. The van der Waals surface area contributed by atoms with Crippen LogP contribution in [-0.4, -0.2) is 28.0 Å². The molecular formula is C13H16Cl2N4O. The molecule has 1 aliphatic rings. The number of fused-ring (bicyclic) bond motifs is 1. The maximum atomic E-state index is 12.1. The van der Waals surface area contributed by atoms with Crippen LogP contribution in [0.4, 0.5) is 5.95 Å². The highest BCUT2D eigenvalue weighted by Crippen LogP contribution is 2.22. The lowest BCUT2D eigenvalue weighted by molar-refractivity contribution is -0.117. The minimum atomic E-state index is -0.108. The highest BCUT2D eigenvalue weighted by Gasteiger charge is 2.23. The maximum Gasteiger partial charge on any atom is 0.243 e. The number of carbonyl (C=O) groups is 1. The lowest BCUT2D eigenvalue weighted by Crippen LogP contribution is -2.36. The third kappa shape index (κ3) is 2.75. The van der Waals surface area contributed by atoms with Crippen molar-refractivity contribution in [3.05, 3.63) is 23.2 Å². The zero-order valence-electron chi connectivity index (χ0n) is 11.0. The molecule has 1 atom stereocenters. The standard InChI is InChI=1S/C13H15ClN4O.ClH/c1-18-11-5-4-8(14)7-10(11)16-13(18)17-12(19)9-3-2-6-15-9;/h4-5,7,9,15H,2-3,6H2,1H3,(H,16,17,19);1H. The third-order valence-electron chi connectivity index (χ3n) is 3.45. The Labute approximate surface area is 128 Å². The molecule has 20 heavy (non-hydrogen) atoms. The van der Waals surface area contributed by atoms with Gasteiger partial charge in [0.15, 0.2) is 0 Å². The van der Waals surface area contributed by atoms with Crippen molar-refractivity contribution in [1.29, 1.82) is 0 Å². The first-order valence-corrected chi connectivity index (χ1v) is 6.69. The predicted molar refractivity (Wildman–Crippen MR) is 82.6 cm³/mol. The van der Waals surface area contributed by atoms with Crippen LogP contribution in [0.5, 0.6) is 0 Å². The van der Waals surface area contributed by atoms with Crippen molar-refractivity contribution in [2.75, 3.05) is 11.9 Å². The summed E-state index contributed by atoms with van der Waals surface area (Å²) in [5.74, 6) is 0.526. The van der Waals surface area contributed by atoms with Crippen LogP contribution in [0.15, 0.2) is 18.2 Å². The zero-order chi connectivity index (χ0) is 13.4. The molecule has 0 bridgehead atoms. The van der Waals surface area contributed by atoms with Crippen molar-refractivity contribution in [2.45, 2.75) is 18.9 Å². The average molecular weight is 315 g/mol.